The molecule has 2 aliphatic heterocycles. The molecule has 2 fully saturated rings. The van der Waals surface area contributed by atoms with Gasteiger partial charge in [0, 0.05) is 76.2 Å². The quantitative estimate of drug-likeness (QED) is 0.526. The molecule has 5 rings (SSSR count). The van der Waals surface area contributed by atoms with Gasteiger partial charge in [0.15, 0.2) is 0 Å². The predicted octanol–water partition coefficient (Wildman–Crippen LogP) is 3.97. The first-order valence-corrected chi connectivity index (χ1v) is 14.4. The van der Waals surface area contributed by atoms with Crippen molar-refractivity contribution < 1.29 is 4.79 Å². The van der Waals surface area contributed by atoms with Crippen molar-refractivity contribution in [2.24, 2.45) is 0 Å². The molecule has 3 heterocycles. The number of hydrogen-bond donors (Lipinski definition) is 1. The minimum Gasteiger partial charge on any atom is -0.369 e. The minimum atomic E-state index is -0.133. The number of hydrogen-bond acceptors (Lipinski definition) is 6. The Kier molecular flexibility index (Phi) is 7.99. The van der Waals surface area contributed by atoms with Crippen LogP contribution < -0.4 is 15.4 Å². The summed E-state index contributed by atoms with van der Waals surface area (Å²) < 4.78 is 0. The van der Waals surface area contributed by atoms with Crippen LogP contribution in [0.1, 0.15) is 53.5 Å². The van der Waals surface area contributed by atoms with E-state index in [1.807, 2.05) is 29.2 Å². The van der Waals surface area contributed by atoms with E-state index in [4.69, 9.17) is 4.98 Å². The molecular formula is C32H42N6O2. The number of amides is 1. The Morgan fingerprint density at radius 2 is 1.48 bits per heavy atom. The zero-order valence-electron chi connectivity index (χ0n) is 24.5. The van der Waals surface area contributed by atoms with E-state index in [1.54, 1.807) is 6.07 Å². The van der Waals surface area contributed by atoms with Crippen molar-refractivity contribution in [1.29, 1.82) is 0 Å². The maximum Gasteiger partial charge on any atom is 0.253 e. The number of piperazine rings is 2. The Bertz CT molecular complexity index is 1390. The molecule has 0 aliphatic carbocycles. The molecule has 3 aromatic rings. The topological polar surface area (TPSA) is 75.8 Å². The fourth-order valence-corrected chi connectivity index (χ4v) is 5.46. The molecule has 1 aromatic heterocycles. The van der Waals surface area contributed by atoms with Crippen molar-refractivity contribution in [2.75, 3.05) is 62.2 Å². The zero-order chi connectivity index (χ0) is 28.4. The van der Waals surface area contributed by atoms with E-state index in [0.717, 1.165) is 31.9 Å². The molecule has 212 valence electrons. The van der Waals surface area contributed by atoms with Crippen LogP contribution in [0.2, 0.25) is 0 Å². The molecule has 8 nitrogen and oxygen atoms in total. The van der Waals surface area contributed by atoms with E-state index in [0.29, 0.717) is 44.2 Å². The fraction of sp³-hybridized carbons (Fsp3) is 0.469. The Labute approximate surface area is 237 Å². The fourth-order valence-electron chi connectivity index (χ4n) is 5.46. The van der Waals surface area contributed by atoms with Gasteiger partial charge >= 0.3 is 0 Å². The monoisotopic (exact) mass is 542 g/mol. The summed E-state index contributed by atoms with van der Waals surface area (Å²) in [6.07, 6.45) is 0. The van der Waals surface area contributed by atoms with Crippen molar-refractivity contribution in [3.05, 3.63) is 86.8 Å². The van der Waals surface area contributed by atoms with Crippen LogP contribution in [0.4, 0.5) is 11.6 Å². The van der Waals surface area contributed by atoms with Crippen molar-refractivity contribution in [1.82, 2.24) is 19.8 Å². The van der Waals surface area contributed by atoms with Crippen molar-refractivity contribution in [3.8, 4) is 0 Å². The standard InChI is InChI=1S/C32H42N6O2/c1-23-6-11-28(20-24(23)2)36-14-12-35(13-15-36)22-27-21-29(39)34-31(33-27)38-18-16-37(17-19-38)30(40)25-7-9-26(10-8-25)32(3,4)5/h6-11,20-21H,12-19,22H2,1-5H3,(H,33,34,39). The number of carbonyl (C=O) groups is 1. The van der Waals surface area contributed by atoms with Gasteiger partial charge in [-0.2, -0.15) is 0 Å². The summed E-state index contributed by atoms with van der Waals surface area (Å²) in [5.41, 5.74) is 6.55. The smallest absolute Gasteiger partial charge is 0.253 e. The molecule has 0 bridgehead atoms. The molecule has 0 radical (unpaired) electrons. The average molecular weight is 543 g/mol. The van der Waals surface area contributed by atoms with Gasteiger partial charge in [-0.15, -0.1) is 0 Å². The minimum absolute atomic E-state index is 0.0512. The van der Waals surface area contributed by atoms with Crippen LogP contribution in [-0.2, 0) is 12.0 Å². The van der Waals surface area contributed by atoms with Gasteiger partial charge in [0.25, 0.3) is 11.5 Å². The molecule has 1 amide bonds. The Morgan fingerprint density at radius 1 is 0.825 bits per heavy atom. The third kappa shape index (κ3) is 6.39. The highest BCUT2D eigenvalue weighted by Crippen LogP contribution is 2.23. The number of carbonyl (C=O) groups excluding carboxylic acids is 1. The molecule has 0 saturated carbocycles. The Hall–Kier alpha value is -3.65. The van der Waals surface area contributed by atoms with Crippen LogP contribution in [0.15, 0.2) is 53.3 Å². The summed E-state index contributed by atoms with van der Waals surface area (Å²) >= 11 is 0. The number of rotatable bonds is 5. The SMILES string of the molecule is Cc1ccc(N2CCN(Cc3cc(=O)[nH]c(N4CCN(C(=O)c5ccc(C(C)(C)C)cc5)CC4)n3)CC2)cc1C. The third-order valence-corrected chi connectivity index (χ3v) is 8.26. The molecule has 2 aliphatic rings. The van der Waals surface area contributed by atoms with Crippen LogP contribution in [0.25, 0.3) is 0 Å². The zero-order valence-corrected chi connectivity index (χ0v) is 24.5. The van der Waals surface area contributed by atoms with Crippen molar-refractivity contribution >= 4 is 17.5 Å². The van der Waals surface area contributed by atoms with Crippen LogP contribution in [0, 0.1) is 13.8 Å². The maximum absolute atomic E-state index is 13.1. The van der Waals surface area contributed by atoms with E-state index in [-0.39, 0.29) is 16.9 Å². The Morgan fingerprint density at radius 3 is 2.10 bits per heavy atom. The van der Waals surface area contributed by atoms with Crippen molar-refractivity contribution in [2.45, 2.75) is 46.6 Å². The lowest BCUT2D eigenvalue weighted by molar-refractivity contribution is 0.0746. The first-order valence-electron chi connectivity index (χ1n) is 14.4. The number of nitrogens with zero attached hydrogens (tertiary/aromatic N) is 5. The second-order valence-electron chi connectivity index (χ2n) is 12.2. The normalized spacial score (nSPS) is 16.9. The maximum atomic E-state index is 13.1. The molecule has 8 heteroatoms. The molecule has 40 heavy (non-hydrogen) atoms. The van der Waals surface area contributed by atoms with Gasteiger partial charge in [0.05, 0.1) is 5.69 Å². The predicted molar refractivity (Wildman–Crippen MR) is 162 cm³/mol. The first kappa shape index (κ1) is 27.9. The number of aromatic nitrogens is 2. The van der Waals surface area contributed by atoms with Crippen LogP contribution in [0.5, 0.6) is 0 Å². The number of H-pyrrole nitrogens is 1. The van der Waals surface area contributed by atoms with E-state index in [9.17, 15) is 9.59 Å². The summed E-state index contributed by atoms with van der Waals surface area (Å²) in [6.45, 7) is 17.7. The molecule has 0 unspecified atom stereocenters. The largest absolute Gasteiger partial charge is 0.369 e. The summed E-state index contributed by atoms with van der Waals surface area (Å²) in [7, 11) is 0. The van der Waals surface area contributed by atoms with E-state index >= 15 is 0 Å². The summed E-state index contributed by atoms with van der Waals surface area (Å²) in [5.74, 6) is 0.646. The summed E-state index contributed by atoms with van der Waals surface area (Å²) in [5, 5.41) is 0. The highest BCUT2D eigenvalue weighted by Gasteiger charge is 2.25. The number of aromatic amines is 1. The highest BCUT2D eigenvalue weighted by atomic mass is 16.2. The molecular weight excluding hydrogens is 500 g/mol. The van der Waals surface area contributed by atoms with Gasteiger partial charge in [0.1, 0.15) is 0 Å². The van der Waals surface area contributed by atoms with Gasteiger partial charge in [-0.1, -0.05) is 39.0 Å². The Balaban J connectivity index is 1.16. The second-order valence-corrected chi connectivity index (χ2v) is 12.2. The number of anilines is 2. The summed E-state index contributed by atoms with van der Waals surface area (Å²) in [4.78, 5) is 42.1. The summed E-state index contributed by atoms with van der Waals surface area (Å²) in [6, 6.07) is 16.2. The van der Waals surface area contributed by atoms with E-state index in [2.05, 4.69) is 72.5 Å². The van der Waals surface area contributed by atoms with Gasteiger partial charge in [-0.25, -0.2) is 4.98 Å². The van der Waals surface area contributed by atoms with E-state index < -0.39 is 0 Å². The van der Waals surface area contributed by atoms with Gasteiger partial charge in [0.2, 0.25) is 5.95 Å². The molecule has 0 atom stereocenters. The van der Waals surface area contributed by atoms with Crippen LogP contribution >= 0.6 is 0 Å². The number of nitrogens with one attached hydrogen (secondary N) is 1. The van der Waals surface area contributed by atoms with Gasteiger partial charge in [-0.3, -0.25) is 19.5 Å². The van der Waals surface area contributed by atoms with E-state index in [1.165, 1.54) is 22.4 Å². The van der Waals surface area contributed by atoms with Gasteiger partial charge in [-0.05, 0) is 60.2 Å². The number of aryl methyl sites for hydroxylation is 2. The average Bonchev–Trinajstić information content (AvgIpc) is 2.94. The van der Waals surface area contributed by atoms with Gasteiger partial charge < -0.3 is 14.7 Å². The second kappa shape index (κ2) is 11.5. The van der Waals surface area contributed by atoms with Crippen molar-refractivity contribution in [3.63, 3.8) is 0 Å². The van der Waals surface area contributed by atoms with Crippen LogP contribution in [0.3, 0.4) is 0 Å². The number of benzene rings is 2. The lowest BCUT2D eigenvalue weighted by Crippen LogP contribution is -2.49. The molecule has 1 N–H and O–H groups in total. The lowest BCUT2D eigenvalue weighted by Gasteiger charge is -2.36. The lowest BCUT2D eigenvalue weighted by atomic mass is 9.86. The first-order chi connectivity index (χ1) is 19.1. The third-order valence-electron chi connectivity index (χ3n) is 8.26. The molecule has 2 saturated heterocycles. The highest BCUT2D eigenvalue weighted by molar-refractivity contribution is 5.94. The molecule has 0 spiro atoms. The molecule has 2 aromatic carbocycles. The van der Waals surface area contributed by atoms with Crippen LogP contribution in [-0.4, -0.2) is 78.0 Å².